The zero-order chi connectivity index (χ0) is 29.3. The van der Waals surface area contributed by atoms with E-state index < -0.39 is 48.5 Å². The number of aliphatic hydroxyl groups excluding tert-OH is 2. The van der Waals surface area contributed by atoms with Gasteiger partial charge in [-0.2, -0.15) is 13.8 Å². The molecule has 220 valence electrons. The lowest BCUT2D eigenvalue weighted by Crippen LogP contribution is -2.41. The summed E-state index contributed by atoms with van der Waals surface area (Å²) < 4.78 is 34.3. The number of carboxylic acid groups (broad SMARTS) is 1. The number of hydrogen-bond acceptors (Lipinski definition) is 7. The minimum Gasteiger partial charge on any atom is -0.478 e. The van der Waals surface area contributed by atoms with Gasteiger partial charge in [0.15, 0.2) is 6.10 Å². The van der Waals surface area contributed by atoms with Crippen LogP contribution in [0.4, 0.5) is 14.6 Å². The Morgan fingerprint density at radius 3 is 2.30 bits per heavy atom. The van der Waals surface area contributed by atoms with Crippen molar-refractivity contribution in [1.82, 2.24) is 9.55 Å². The van der Waals surface area contributed by atoms with E-state index >= 15 is 0 Å². The number of carbonyl (C=O) groups is 2. The highest BCUT2D eigenvalue weighted by atomic mass is 19.3. The fourth-order valence-corrected chi connectivity index (χ4v) is 4.84. The van der Waals surface area contributed by atoms with Gasteiger partial charge in [-0.1, -0.05) is 70.4 Å². The molecule has 2 heterocycles. The van der Waals surface area contributed by atoms with Crippen molar-refractivity contribution in [3.63, 3.8) is 0 Å². The SMILES string of the molecule is CCCCCCCCCCCc1cccc(C(=O)O)c1C(=O)Nc1ccn([C@@H]2O[C@H](CO)[C@@H](O)C2(F)F)c(=O)n1. The Hall–Kier alpha value is -3.22. The van der Waals surface area contributed by atoms with Gasteiger partial charge >= 0.3 is 17.6 Å². The van der Waals surface area contributed by atoms with Crippen molar-refractivity contribution in [2.45, 2.75) is 95.5 Å². The number of rotatable bonds is 15. The summed E-state index contributed by atoms with van der Waals surface area (Å²) in [6, 6.07) is 5.64. The summed E-state index contributed by atoms with van der Waals surface area (Å²) in [6.45, 7) is 1.30. The van der Waals surface area contributed by atoms with Gasteiger partial charge in [0.1, 0.15) is 11.9 Å². The second kappa shape index (κ2) is 14.4. The number of aryl methyl sites for hydroxylation is 1. The number of aliphatic hydroxyl groups is 2. The molecule has 40 heavy (non-hydrogen) atoms. The van der Waals surface area contributed by atoms with E-state index in [9.17, 15) is 33.4 Å². The van der Waals surface area contributed by atoms with Crippen LogP contribution in [0.3, 0.4) is 0 Å². The summed E-state index contributed by atoms with van der Waals surface area (Å²) in [5, 5.41) is 30.9. The average molecular weight is 566 g/mol. The summed E-state index contributed by atoms with van der Waals surface area (Å²) >= 11 is 0. The molecule has 2 aromatic rings. The molecule has 0 radical (unpaired) electrons. The lowest BCUT2D eigenvalue weighted by molar-refractivity contribution is -0.140. The molecule has 1 fully saturated rings. The highest BCUT2D eigenvalue weighted by Gasteiger charge is 2.59. The van der Waals surface area contributed by atoms with E-state index in [4.69, 9.17) is 9.84 Å². The third kappa shape index (κ3) is 7.49. The van der Waals surface area contributed by atoms with Gasteiger partial charge in [0.2, 0.25) is 6.23 Å². The number of anilines is 1. The normalized spacial score (nSPS) is 20.0. The average Bonchev–Trinajstić information content (AvgIpc) is 3.15. The first kappa shape index (κ1) is 31.3. The Morgan fingerprint density at radius 1 is 1.07 bits per heavy atom. The van der Waals surface area contributed by atoms with Crippen LogP contribution in [0.15, 0.2) is 35.3 Å². The van der Waals surface area contributed by atoms with Crippen LogP contribution < -0.4 is 11.0 Å². The zero-order valence-electron chi connectivity index (χ0n) is 22.5. The van der Waals surface area contributed by atoms with Gasteiger partial charge < -0.3 is 25.4 Å². The third-order valence-corrected chi connectivity index (χ3v) is 7.04. The number of benzene rings is 1. The van der Waals surface area contributed by atoms with Crippen molar-refractivity contribution in [3.05, 3.63) is 57.6 Å². The number of ether oxygens (including phenoxy) is 1. The molecule has 10 nitrogen and oxygen atoms in total. The van der Waals surface area contributed by atoms with Crippen molar-refractivity contribution >= 4 is 17.7 Å². The van der Waals surface area contributed by atoms with E-state index in [1.165, 1.54) is 38.2 Å². The van der Waals surface area contributed by atoms with Crippen molar-refractivity contribution < 1.29 is 38.4 Å². The van der Waals surface area contributed by atoms with Crippen molar-refractivity contribution in [2.75, 3.05) is 11.9 Å². The van der Waals surface area contributed by atoms with Crippen LogP contribution in [-0.4, -0.2) is 61.5 Å². The van der Waals surface area contributed by atoms with E-state index in [0.717, 1.165) is 37.9 Å². The Kier molecular flexibility index (Phi) is 11.3. The predicted octanol–water partition coefficient (Wildman–Crippen LogP) is 4.15. The summed E-state index contributed by atoms with van der Waals surface area (Å²) in [7, 11) is 0. The van der Waals surface area contributed by atoms with Crippen LogP contribution >= 0.6 is 0 Å². The number of carbonyl (C=O) groups excluding carboxylic acids is 1. The van der Waals surface area contributed by atoms with Gasteiger partial charge in [0.25, 0.3) is 5.91 Å². The molecule has 1 aliphatic heterocycles. The maximum Gasteiger partial charge on any atom is 0.351 e. The number of amides is 1. The molecule has 1 amide bonds. The van der Waals surface area contributed by atoms with Gasteiger partial charge in [-0.15, -0.1) is 0 Å². The lowest BCUT2D eigenvalue weighted by atomic mass is 9.95. The van der Waals surface area contributed by atoms with E-state index in [-0.39, 0.29) is 16.9 Å². The second-order valence-corrected chi connectivity index (χ2v) is 10.0. The highest BCUT2D eigenvalue weighted by molar-refractivity contribution is 6.11. The van der Waals surface area contributed by atoms with Crippen LogP contribution in [0.1, 0.15) is 97.2 Å². The van der Waals surface area contributed by atoms with Crippen molar-refractivity contribution in [3.8, 4) is 0 Å². The number of nitrogens with one attached hydrogen (secondary N) is 1. The fraction of sp³-hybridized carbons (Fsp3) is 0.571. The highest BCUT2D eigenvalue weighted by Crippen LogP contribution is 2.42. The minimum atomic E-state index is -3.88. The fourth-order valence-electron chi connectivity index (χ4n) is 4.84. The number of alkyl halides is 2. The smallest absolute Gasteiger partial charge is 0.351 e. The first-order valence-corrected chi connectivity index (χ1v) is 13.7. The first-order valence-electron chi connectivity index (χ1n) is 13.7. The van der Waals surface area contributed by atoms with Gasteiger partial charge in [0.05, 0.1) is 17.7 Å². The van der Waals surface area contributed by atoms with E-state index in [1.807, 2.05) is 0 Å². The number of aromatic nitrogens is 2. The van der Waals surface area contributed by atoms with Gasteiger partial charge in [-0.05, 0) is 30.5 Å². The molecule has 0 bridgehead atoms. The van der Waals surface area contributed by atoms with E-state index in [1.54, 1.807) is 12.1 Å². The Bertz CT molecular complexity index is 1220. The third-order valence-electron chi connectivity index (χ3n) is 7.04. The van der Waals surface area contributed by atoms with Gasteiger partial charge in [-0.25, -0.2) is 9.59 Å². The van der Waals surface area contributed by atoms with E-state index in [2.05, 4.69) is 17.2 Å². The molecule has 4 N–H and O–H groups in total. The molecule has 3 atom stereocenters. The molecule has 0 saturated carbocycles. The summed E-state index contributed by atoms with van der Waals surface area (Å²) in [6.07, 6.45) is 5.25. The standard InChI is InChI=1S/C28H37F2N3O7/c1-2-3-4-5-6-7-8-9-10-12-18-13-11-14-19(25(37)38)22(18)24(36)31-21-15-16-33(27(39)32-21)26-28(29,30)23(35)20(17-34)40-26/h11,13-16,20,23,26,34-35H,2-10,12,17H2,1H3,(H,37,38)(H,31,32,36,39)/t20-,23-,26-/m1/s1. The monoisotopic (exact) mass is 565 g/mol. The van der Waals surface area contributed by atoms with Gasteiger partial charge in [-0.3, -0.25) is 9.36 Å². The second-order valence-electron chi connectivity index (χ2n) is 10.0. The molecule has 0 aliphatic carbocycles. The summed E-state index contributed by atoms with van der Waals surface area (Å²) in [5.74, 6) is -6.25. The minimum absolute atomic E-state index is 0.0555. The number of hydrogen-bond donors (Lipinski definition) is 4. The molecular weight excluding hydrogens is 528 g/mol. The number of unbranched alkanes of at least 4 members (excludes halogenated alkanes) is 8. The van der Waals surface area contributed by atoms with Crippen LogP contribution in [0.25, 0.3) is 0 Å². The number of aromatic carboxylic acids is 1. The zero-order valence-corrected chi connectivity index (χ0v) is 22.5. The number of carboxylic acids is 1. The Balaban J connectivity index is 1.69. The largest absolute Gasteiger partial charge is 0.478 e. The van der Waals surface area contributed by atoms with Crippen molar-refractivity contribution in [2.24, 2.45) is 0 Å². The van der Waals surface area contributed by atoms with Crippen LogP contribution in [0.5, 0.6) is 0 Å². The summed E-state index contributed by atoms with van der Waals surface area (Å²) in [5.41, 5.74) is -0.922. The molecule has 1 aromatic carbocycles. The van der Waals surface area contributed by atoms with Crippen LogP contribution in [0, 0.1) is 0 Å². The first-order chi connectivity index (χ1) is 19.1. The molecule has 0 spiro atoms. The molecule has 1 aliphatic rings. The quantitative estimate of drug-likeness (QED) is 0.235. The maximum absolute atomic E-state index is 14.4. The summed E-state index contributed by atoms with van der Waals surface area (Å²) in [4.78, 5) is 41.2. The topological polar surface area (TPSA) is 151 Å². The predicted molar refractivity (Wildman–Crippen MR) is 143 cm³/mol. The molecule has 0 unspecified atom stereocenters. The van der Waals surface area contributed by atoms with Crippen molar-refractivity contribution in [1.29, 1.82) is 0 Å². The molecule has 1 saturated heterocycles. The van der Waals surface area contributed by atoms with Crippen LogP contribution in [0.2, 0.25) is 0 Å². The van der Waals surface area contributed by atoms with E-state index in [0.29, 0.717) is 16.6 Å². The molecule has 1 aromatic heterocycles. The Morgan fingerprint density at radius 2 is 1.73 bits per heavy atom. The molecular formula is C28H37F2N3O7. The lowest BCUT2D eigenvalue weighted by Gasteiger charge is -2.21. The molecule has 12 heteroatoms. The number of halogens is 2. The molecule has 3 rings (SSSR count). The van der Waals surface area contributed by atoms with Gasteiger partial charge in [0, 0.05) is 6.20 Å². The maximum atomic E-state index is 14.4. The number of nitrogens with zero attached hydrogens (tertiary/aromatic N) is 2. The van der Waals surface area contributed by atoms with Crippen LogP contribution in [-0.2, 0) is 11.2 Å². The Labute approximate surface area is 231 Å².